The zero-order valence-electron chi connectivity index (χ0n) is 10.9. The summed E-state index contributed by atoms with van der Waals surface area (Å²) < 4.78 is 92.2. The van der Waals surface area contributed by atoms with E-state index in [1.807, 2.05) is 0 Å². The first-order chi connectivity index (χ1) is 9.92. The van der Waals surface area contributed by atoms with Crippen molar-refractivity contribution in [3.63, 3.8) is 0 Å². The molecule has 0 bridgehead atoms. The molecule has 0 atom stereocenters. The maximum absolute atomic E-state index is 13.2. The number of carbonyl (C=O) groups is 1. The summed E-state index contributed by atoms with van der Waals surface area (Å²) in [6.45, 7) is 1.61. The van der Waals surface area contributed by atoms with Gasteiger partial charge in [0.15, 0.2) is 0 Å². The van der Waals surface area contributed by atoms with Crippen LogP contribution < -0.4 is 4.46 Å². The molecule has 0 fully saturated rings. The second-order valence-electron chi connectivity index (χ2n) is 3.94. The first kappa shape index (κ1) is 18.8. The third-order valence-electron chi connectivity index (χ3n) is 2.33. The maximum atomic E-state index is 13.2. The molecule has 0 saturated heterocycles. The molecule has 124 valence electrons. The van der Waals surface area contributed by atoms with Crippen molar-refractivity contribution in [2.24, 2.45) is 0 Å². The number of hydrogen-bond acceptors (Lipinski definition) is 2. The van der Waals surface area contributed by atoms with E-state index in [-0.39, 0.29) is 12.2 Å². The molecule has 0 saturated carbocycles. The third-order valence-corrected chi connectivity index (χ3v) is 4.47. The summed E-state index contributed by atoms with van der Waals surface area (Å²) in [6.07, 6.45) is -6.34. The van der Waals surface area contributed by atoms with Gasteiger partial charge in [-0.05, 0) is 0 Å². The van der Waals surface area contributed by atoms with Gasteiger partial charge in [-0.2, -0.15) is 0 Å². The van der Waals surface area contributed by atoms with Gasteiger partial charge in [0.05, 0.1) is 0 Å². The van der Waals surface area contributed by atoms with Gasteiger partial charge in [0.1, 0.15) is 0 Å². The summed E-state index contributed by atoms with van der Waals surface area (Å²) >= 11 is -2.47. The van der Waals surface area contributed by atoms with Gasteiger partial charge in [0, 0.05) is 0 Å². The molecule has 0 spiro atoms. The Morgan fingerprint density at radius 2 is 1.55 bits per heavy atom. The molecule has 0 N–H and O–H groups in total. The number of carbonyl (C=O) groups excluding carboxylic acids is 1. The Labute approximate surface area is 126 Å². The molecule has 22 heavy (non-hydrogen) atoms. The summed E-state index contributed by atoms with van der Waals surface area (Å²) in [6, 6.07) is 3.84. The second kappa shape index (κ2) is 6.45. The van der Waals surface area contributed by atoms with Gasteiger partial charge in [0.25, 0.3) is 0 Å². The number of alkyl halides is 7. The van der Waals surface area contributed by atoms with Crippen molar-refractivity contribution in [1.82, 2.24) is 0 Å². The number of halogens is 7. The van der Waals surface area contributed by atoms with Gasteiger partial charge in [-0.1, -0.05) is 0 Å². The number of benzene rings is 1. The zero-order chi connectivity index (χ0) is 17.2. The second-order valence-corrected chi connectivity index (χ2v) is 6.43. The van der Waals surface area contributed by atoms with Crippen molar-refractivity contribution in [3.8, 4) is 0 Å². The van der Waals surface area contributed by atoms with Crippen molar-refractivity contribution in [2.45, 2.75) is 23.8 Å². The predicted molar refractivity (Wildman–Crippen MR) is 63.7 cm³/mol. The molecule has 0 radical (unpaired) electrons. The van der Waals surface area contributed by atoms with Crippen LogP contribution in [0.1, 0.15) is 17.3 Å². The summed E-state index contributed by atoms with van der Waals surface area (Å²) in [4.78, 5) is 6.05. The van der Waals surface area contributed by atoms with Gasteiger partial charge >= 0.3 is 126 Å². The van der Waals surface area contributed by atoms with Gasteiger partial charge in [-0.25, -0.2) is 0 Å². The fourth-order valence-electron chi connectivity index (χ4n) is 1.25. The minimum absolute atomic E-state index is 0.0210. The number of esters is 1. The van der Waals surface area contributed by atoms with Crippen LogP contribution in [-0.2, 0) is 4.74 Å². The normalized spacial score (nSPS) is 13.1. The predicted octanol–water partition coefficient (Wildman–Crippen LogP) is 2.98. The van der Waals surface area contributed by atoms with Crippen LogP contribution in [0, 0.1) is 0 Å². The van der Waals surface area contributed by atoms with Crippen LogP contribution in [-0.4, -0.2) is 44.5 Å². The first-order valence-electron chi connectivity index (χ1n) is 5.71. The molecule has 0 heterocycles. The monoisotopic (exact) mass is 398 g/mol. The Morgan fingerprint density at radius 1 is 1.05 bits per heavy atom. The first-order valence-corrected chi connectivity index (χ1v) is 7.42. The van der Waals surface area contributed by atoms with Crippen LogP contribution >= 0.6 is 0 Å². The van der Waals surface area contributed by atoms with Gasteiger partial charge < -0.3 is 0 Å². The summed E-state index contributed by atoms with van der Waals surface area (Å²) in [5.74, 6) is -6.88. The van der Waals surface area contributed by atoms with E-state index in [4.69, 9.17) is 0 Å². The van der Waals surface area contributed by atoms with Crippen molar-refractivity contribution in [1.29, 1.82) is 0 Å². The van der Waals surface area contributed by atoms with Crippen LogP contribution in [0.4, 0.5) is 30.7 Å². The van der Waals surface area contributed by atoms with E-state index < -0.39 is 42.3 Å². The number of rotatable bonds is 5. The van der Waals surface area contributed by atoms with E-state index in [1.54, 1.807) is 0 Å². The van der Waals surface area contributed by atoms with E-state index >= 15 is 0 Å². The minimum atomic E-state index is -6.34. The van der Waals surface area contributed by atoms with Crippen LogP contribution in [0.3, 0.4) is 0 Å². The Balaban J connectivity index is 2.93. The van der Waals surface area contributed by atoms with Crippen LogP contribution in [0.5, 0.6) is 0 Å². The van der Waals surface area contributed by atoms with Crippen molar-refractivity contribution < 1.29 is 40.3 Å². The molecule has 2 nitrogen and oxygen atoms in total. The van der Waals surface area contributed by atoms with E-state index in [2.05, 4.69) is 4.74 Å². The molecular formula is C12H9F7O2Se. The van der Waals surface area contributed by atoms with E-state index in [9.17, 15) is 35.5 Å². The van der Waals surface area contributed by atoms with Gasteiger partial charge in [-0.15, -0.1) is 0 Å². The van der Waals surface area contributed by atoms with Crippen LogP contribution in [0.2, 0.25) is 0 Å². The summed E-state index contributed by atoms with van der Waals surface area (Å²) in [5.41, 5.74) is -0.0210. The molecule has 0 aliphatic carbocycles. The fraction of sp³-hybridized carbons (Fsp3) is 0.417. The van der Waals surface area contributed by atoms with Crippen LogP contribution in [0.25, 0.3) is 0 Å². The average molecular weight is 397 g/mol. The van der Waals surface area contributed by atoms with Crippen molar-refractivity contribution >= 4 is 25.4 Å². The van der Waals surface area contributed by atoms with Gasteiger partial charge in [-0.3, -0.25) is 0 Å². The third kappa shape index (κ3) is 3.92. The topological polar surface area (TPSA) is 26.3 Å². The quantitative estimate of drug-likeness (QED) is 0.434. The fourth-order valence-corrected chi connectivity index (χ4v) is 2.95. The molecule has 1 aromatic rings. The summed E-state index contributed by atoms with van der Waals surface area (Å²) in [5, 5.41) is 0. The Kier molecular flexibility index (Phi) is 5.51. The van der Waals surface area contributed by atoms with Gasteiger partial charge in [0.2, 0.25) is 0 Å². The van der Waals surface area contributed by atoms with E-state index in [0.717, 1.165) is 24.3 Å². The molecule has 0 aliphatic rings. The number of ether oxygens (including phenoxy) is 1. The Bertz CT molecular complexity index is 525. The zero-order valence-corrected chi connectivity index (χ0v) is 12.6. The molecular weight excluding hydrogens is 388 g/mol. The van der Waals surface area contributed by atoms with Crippen molar-refractivity contribution in [2.75, 3.05) is 6.61 Å². The molecule has 1 aromatic carbocycles. The Hall–Kier alpha value is -1.28. The molecule has 0 amide bonds. The Morgan fingerprint density at radius 3 is 1.95 bits per heavy atom. The van der Waals surface area contributed by atoms with E-state index in [0.29, 0.717) is 0 Å². The molecule has 0 aromatic heterocycles. The van der Waals surface area contributed by atoms with Crippen LogP contribution in [0.15, 0.2) is 24.3 Å². The standard InChI is InChI=1S/C12H9F7O2Se/c1-2-21-9(20)7-3-5-8(6-4-7)22-12(18,19)10(13,14)11(15,16)17/h3-6H,2H2,1H3. The number of hydrogen-bond donors (Lipinski definition) is 0. The molecule has 10 heteroatoms. The summed E-state index contributed by atoms with van der Waals surface area (Å²) in [7, 11) is 0. The van der Waals surface area contributed by atoms with E-state index in [1.165, 1.54) is 6.92 Å². The molecule has 0 aliphatic heterocycles. The molecule has 0 unspecified atom stereocenters. The SMILES string of the molecule is CCOC(=O)c1ccc([Se]C(F)(F)C(F)(F)C(F)(F)F)cc1. The average Bonchev–Trinajstić information content (AvgIpc) is 2.37. The van der Waals surface area contributed by atoms with Crippen molar-refractivity contribution in [3.05, 3.63) is 29.8 Å². The molecule has 1 rings (SSSR count).